The maximum Gasteiger partial charge on any atom is 0.287 e. The number of hydrogen-bond donors (Lipinski definition) is 1. The Morgan fingerprint density at radius 3 is 2.80 bits per heavy atom. The highest BCUT2D eigenvalue weighted by Gasteiger charge is 2.34. The normalized spacial score (nSPS) is 16.9. The molecule has 0 saturated carbocycles. The van der Waals surface area contributed by atoms with E-state index in [1.807, 2.05) is 6.92 Å². The average molecular weight is 277 g/mol. The van der Waals surface area contributed by atoms with Gasteiger partial charge in [-0.3, -0.25) is 4.79 Å². The van der Waals surface area contributed by atoms with Crippen molar-refractivity contribution < 1.29 is 18.3 Å². The second kappa shape index (κ2) is 4.59. The first-order valence-electron chi connectivity index (χ1n) is 6.54. The molecule has 0 aliphatic carbocycles. The minimum atomic E-state index is -0.455. The molecule has 4 nitrogen and oxygen atoms in total. The largest absolute Gasteiger partial charge is 0.448 e. The number of halogens is 1. The van der Waals surface area contributed by atoms with Crippen molar-refractivity contribution in [3.63, 3.8) is 0 Å². The summed E-state index contributed by atoms with van der Waals surface area (Å²) < 4.78 is 24.2. The summed E-state index contributed by atoms with van der Waals surface area (Å²) in [6.45, 7) is 5.60. The molecule has 1 amide bonds. The van der Waals surface area contributed by atoms with Crippen LogP contribution in [0, 0.1) is 18.2 Å². The Morgan fingerprint density at radius 1 is 1.45 bits per heavy atom. The summed E-state index contributed by atoms with van der Waals surface area (Å²) in [6, 6.07) is 4.67. The molecular weight excluding hydrogens is 261 g/mol. The summed E-state index contributed by atoms with van der Waals surface area (Å²) in [4.78, 5) is 12.2. The van der Waals surface area contributed by atoms with Gasteiger partial charge in [-0.1, -0.05) is 19.1 Å². The fourth-order valence-corrected chi connectivity index (χ4v) is 2.35. The van der Waals surface area contributed by atoms with Crippen molar-refractivity contribution in [3.8, 4) is 0 Å². The summed E-state index contributed by atoms with van der Waals surface area (Å²) in [5.41, 5.74) is 0.779. The number of benzene rings is 1. The van der Waals surface area contributed by atoms with E-state index in [-0.39, 0.29) is 22.7 Å². The van der Waals surface area contributed by atoms with Gasteiger partial charge in [-0.2, -0.15) is 0 Å². The zero-order chi connectivity index (χ0) is 14.3. The van der Waals surface area contributed by atoms with Crippen LogP contribution in [-0.2, 0) is 4.74 Å². The standard InChI is InChI=1S/C15H16FNO3/c1-9-10-4-3-5-11(16)13(10)20-12(9)14(18)17-6-15(2)7-19-8-15/h3-5H,6-8H2,1-2H3,(H,17,18). The zero-order valence-corrected chi connectivity index (χ0v) is 11.5. The van der Waals surface area contributed by atoms with Crippen LogP contribution >= 0.6 is 0 Å². The van der Waals surface area contributed by atoms with Gasteiger partial charge in [-0.05, 0) is 13.0 Å². The summed E-state index contributed by atoms with van der Waals surface area (Å²) in [5, 5.41) is 3.46. The van der Waals surface area contributed by atoms with Gasteiger partial charge >= 0.3 is 0 Å². The summed E-state index contributed by atoms with van der Waals surface area (Å²) in [5.74, 6) is -0.593. The number of nitrogens with one attached hydrogen (secondary N) is 1. The van der Waals surface area contributed by atoms with Crippen LogP contribution < -0.4 is 5.32 Å². The fraction of sp³-hybridized carbons (Fsp3) is 0.400. The number of ether oxygens (including phenoxy) is 1. The van der Waals surface area contributed by atoms with Gasteiger partial charge in [0.25, 0.3) is 5.91 Å². The molecule has 106 valence electrons. The van der Waals surface area contributed by atoms with Gasteiger partial charge in [0.15, 0.2) is 17.2 Å². The molecule has 1 aromatic heterocycles. The molecule has 2 aromatic rings. The summed E-state index contributed by atoms with van der Waals surface area (Å²) in [7, 11) is 0. The van der Waals surface area contributed by atoms with E-state index in [0.29, 0.717) is 30.7 Å². The third-order valence-corrected chi connectivity index (χ3v) is 3.70. The van der Waals surface area contributed by atoms with Crippen LogP contribution in [0.2, 0.25) is 0 Å². The van der Waals surface area contributed by atoms with Crippen molar-refractivity contribution >= 4 is 16.9 Å². The molecule has 3 rings (SSSR count). The third kappa shape index (κ3) is 2.08. The molecule has 1 saturated heterocycles. The molecule has 0 unspecified atom stereocenters. The number of aryl methyl sites for hydroxylation is 1. The molecule has 1 fully saturated rings. The second-order valence-corrected chi connectivity index (χ2v) is 5.66. The van der Waals surface area contributed by atoms with Crippen molar-refractivity contribution in [2.75, 3.05) is 19.8 Å². The summed E-state index contributed by atoms with van der Waals surface area (Å²) in [6.07, 6.45) is 0. The first kappa shape index (κ1) is 13.1. The van der Waals surface area contributed by atoms with Crippen LogP contribution in [0.5, 0.6) is 0 Å². The van der Waals surface area contributed by atoms with Gasteiger partial charge < -0.3 is 14.5 Å². The number of carbonyl (C=O) groups is 1. The number of hydrogen-bond acceptors (Lipinski definition) is 3. The van der Waals surface area contributed by atoms with E-state index < -0.39 is 5.82 Å². The molecule has 0 bridgehead atoms. The lowest BCUT2D eigenvalue weighted by molar-refractivity contribution is -0.0978. The number of furan rings is 1. The third-order valence-electron chi connectivity index (χ3n) is 3.70. The predicted molar refractivity (Wildman–Crippen MR) is 72.2 cm³/mol. The Morgan fingerprint density at radius 2 is 2.20 bits per heavy atom. The van der Waals surface area contributed by atoms with Gasteiger partial charge in [0, 0.05) is 22.9 Å². The van der Waals surface area contributed by atoms with E-state index in [4.69, 9.17) is 9.15 Å². The number of fused-ring (bicyclic) bond motifs is 1. The number of para-hydroxylation sites is 1. The topological polar surface area (TPSA) is 51.5 Å². The van der Waals surface area contributed by atoms with E-state index in [9.17, 15) is 9.18 Å². The van der Waals surface area contributed by atoms with Crippen LogP contribution in [0.3, 0.4) is 0 Å². The maximum atomic E-state index is 13.6. The van der Waals surface area contributed by atoms with E-state index in [1.165, 1.54) is 6.07 Å². The second-order valence-electron chi connectivity index (χ2n) is 5.66. The number of amides is 1. The van der Waals surface area contributed by atoms with Crippen LogP contribution in [0.1, 0.15) is 23.0 Å². The lowest BCUT2D eigenvalue weighted by atomic mass is 9.89. The molecular formula is C15H16FNO3. The Labute approximate surface area is 115 Å². The maximum absolute atomic E-state index is 13.6. The molecule has 1 aromatic carbocycles. The minimum absolute atomic E-state index is 0.0131. The lowest BCUT2D eigenvalue weighted by Gasteiger charge is -2.37. The van der Waals surface area contributed by atoms with E-state index in [2.05, 4.69) is 5.32 Å². The van der Waals surface area contributed by atoms with Crippen molar-refractivity contribution in [3.05, 3.63) is 35.3 Å². The van der Waals surface area contributed by atoms with Gasteiger partial charge in [0.1, 0.15) is 0 Å². The van der Waals surface area contributed by atoms with E-state index in [1.54, 1.807) is 19.1 Å². The fourth-order valence-electron chi connectivity index (χ4n) is 2.35. The highest BCUT2D eigenvalue weighted by Crippen LogP contribution is 2.28. The highest BCUT2D eigenvalue weighted by molar-refractivity contribution is 5.99. The van der Waals surface area contributed by atoms with Gasteiger partial charge in [-0.25, -0.2) is 4.39 Å². The van der Waals surface area contributed by atoms with Crippen LogP contribution in [-0.4, -0.2) is 25.7 Å². The van der Waals surface area contributed by atoms with E-state index in [0.717, 1.165) is 0 Å². The van der Waals surface area contributed by atoms with Gasteiger partial charge in [0.2, 0.25) is 0 Å². The molecule has 20 heavy (non-hydrogen) atoms. The molecule has 2 heterocycles. The van der Waals surface area contributed by atoms with Crippen LogP contribution in [0.15, 0.2) is 22.6 Å². The molecule has 0 spiro atoms. The quantitative estimate of drug-likeness (QED) is 0.938. The van der Waals surface area contributed by atoms with Crippen molar-refractivity contribution in [1.29, 1.82) is 0 Å². The minimum Gasteiger partial charge on any atom is -0.448 e. The van der Waals surface area contributed by atoms with E-state index >= 15 is 0 Å². The molecule has 0 atom stereocenters. The molecule has 1 aliphatic heterocycles. The highest BCUT2D eigenvalue weighted by atomic mass is 19.1. The first-order chi connectivity index (χ1) is 9.50. The van der Waals surface area contributed by atoms with Crippen LogP contribution in [0.4, 0.5) is 4.39 Å². The summed E-state index contributed by atoms with van der Waals surface area (Å²) >= 11 is 0. The Bertz CT molecular complexity index is 673. The molecule has 0 radical (unpaired) electrons. The van der Waals surface area contributed by atoms with Crippen molar-refractivity contribution in [1.82, 2.24) is 5.32 Å². The number of rotatable bonds is 3. The van der Waals surface area contributed by atoms with Gasteiger partial charge in [-0.15, -0.1) is 0 Å². The molecule has 5 heteroatoms. The van der Waals surface area contributed by atoms with Crippen LogP contribution in [0.25, 0.3) is 11.0 Å². The van der Waals surface area contributed by atoms with Crippen molar-refractivity contribution in [2.45, 2.75) is 13.8 Å². The monoisotopic (exact) mass is 277 g/mol. The van der Waals surface area contributed by atoms with Gasteiger partial charge in [0.05, 0.1) is 13.2 Å². The lowest BCUT2D eigenvalue weighted by Crippen LogP contribution is -2.48. The average Bonchev–Trinajstić information content (AvgIpc) is 2.73. The Hall–Kier alpha value is -1.88. The SMILES string of the molecule is Cc1c(C(=O)NCC2(C)COC2)oc2c(F)cccc12. The Balaban J connectivity index is 1.84. The predicted octanol–water partition coefficient (Wildman–Crippen LogP) is 2.65. The molecule has 1 N–H and O–H groups in total. The first-order valence-corrected chi connectivity index (χ1v) is 6.54. The smallest absolute Gasteiger partial charge is 0.287 e. The zero-order valence-electron chi connectivity index (χ0n) is 11.5. The number of carbonyl (C=O) groups excluding carboxylic acids is 1. The van der Waals surface area contributed by atoms with Crippen molar-refractivity contribution in [2.24, 2.45) is 5.41 Å². The molecule has 1 aliphatic rings. The Kier molecular flexibility index (Phi) is 3.01.